The van der Waals surface area contributed by atoms with Crippen LogP contribution in [0.2, 0.25) is 0 Å². The zero-order valence-electron chi connectivity index (χ0n) is 78.9. The summed E-state index contributed by atoms with van der Waals surface area (Å²) >= 11 is 8.54. The number of rotatable bonds is 61. The van der Waals surface area contributed by atoms with Gasteiger partial charge in [0, 0.05) is 77.8 Å². The summed E-state index contributed by atoms with van der Waals surface area (Å²) in [6, 6.07) is 3.19. The van der Waals surface area contributed by atoms with E-state index in [1.54, 1.807) is 157 Å². The second kappa shape index (κ2) is 57.1. The number of primary amides is 3. The van der Waals surface area contributed by atoms with Gasteiger partial charge in [-0.15, -0.1) is 0 Å². The third kappa shape index (κ3) is 38.3. The van der Waals surface area contributed by atoms with Crippen molar-refractivity contribution in [2.24, 2.45) is 46.4 Å². The number of aliphatic carboxylic acids is 3. The highest BCUT2D eigenvalue weighted by Crippen LogP contribution is 2.23. The lowest BCUT2D eigenvalue weighted by Crippen LogP contribution is -2.62. The molecule has 0 saturated heterocycles. The van der Waals surface area contributed by atoms with Gasteiger partial charge in [-0.1, -0.05) is 139 Å². The number of hydrogen-bond donors (Lipinski definition) is 27. The first-order valence-electron chi connectivity index (χ1n) is 45.6. The minimum absolute atomic E-state index is 0.0163. The van der Waals surface area contributed by atoms with E-state index in [2.05, 4.69) is 115 Å². The number of unbranched alkanes of at least 4 members (excludes halogenated alkanes) is 1. The van der Waals surface area contributed by atoms with Crippen molar-refractivity contribution in [1.82, 2.24) is 89.7 Å². The van der Waals surface area contributed by atoms with Crippen LogP contribution in [0.3, 0.4) is 0 Å². The molecule has 6 rings (SSSR count). The molecule has 2 heterocycles. The molecule has 48 heteroatoms. The number of aromatic amines is 2. The summed E-state index contributed by atoms with van der Waals surface area (Å²) in [5, 5.41) is 67.2. The van der Waals surface area contributed by atoms with E-state index in [0.717, 1.165) is 0 Å². The minimum Gasteiger partial charge on any atom is -0.481 e. The minimum atomic E-state index is -2.02. The number of aromatic nitrogens is 2. The Kier molecular flexibility index (Phi) is 46.6. The van der Waals surface area contributed by atoms with Gasteiger partial charge >= 0.3 is 17.9 Å². The summed E-state index contributed by atoms with van der Waals surface area (Å²) < 4.78 is 0. The molecule has 4 aromatic carbocycles. The number of nitrogens with two attached hydrogens (primary N) is 5. The number of fused-ring (bicyclic) bond motifs is 2. The van der Waals surface area contributed by atoms with Gasteiger partial charge in [-0.3, -0.25) is 95.9 Å². The van der Waals surface area contributed by atoms with Crippen LogP contribution in [-0.2, 0) is 126 Å². The molecule has 0 spiro atoms. The number of amides is 18. The first-order valence-corrected chi connectivity index (χ1v) is 46.9. The molecule has 0 radical (unpaired) electrons. The number of nitrogens with one attached hydrogen (secondary N) is 17. The number of carbonyl (C=O) groups excluding carboxylic acids is 18. The maximum atomic E-state index is 15.2. The van der Waals surface area contributed by atoms with Crippen LogP contribution in [0.15, 0.2) is 122 Å². The molecular weight excluding hydrogens is 1870 g/mol. The predicted molar refractivity (Wildman–Crippen MR) is 519 cm³/mol. The summed E-state index contributed by atoms with van der Waals surface area (Å²) in [6.45, 7) is 11.1. The van der Waals surface area contributed by atoms with Gasteiger partial charge in [0.05, 0.1) is 31.7 Å². The lowest BCUT2D eigenvalue weighted by atomic mass is 9.99. The van der Waals surface area contributed by atoms with Crippen LogP contribution in [0.25, 0.3) is 21.8 Å². The maximum absolute atomic E-state index is 15.2. The van der Waals surface area contributed by atoms with Crippen LogP contribution in [0.4, 0.5) is 0 Å². The molecule has 0 aliphatic heterocycles. The molecule has 0 aliphatic carbocycles. The fraction of sp³-hybridized carbons (Fsp3) is 0.473. The molecule has 46 nitrogen and oxygen atoms in total. The number of para-hydroxylation sites is 2. The Morgan fingerprint density at radius 2 is 0.652 bits per heavy atom. The zero-order valence-corrected chi connectivity index (χ0v) is 80.7. The average molecular weight is 2000 g/mol. The Hall–Kier alpha value is -14.6. The Morgan fingerprint density at radius 3 is 1.06 bits per heavy atom. The van der Waals surface area contributed by atoms with Gasteiger partial charge in [0.25, 0.3) is 0 Å². The lowest BCUT2D eigenvalue weighted by molar-refractivity contribution is -0.143. The van der Waals surface area contributed by atoms with Crippen molar-refractivity contribution in [3.63, 3.8) is 0 Å². The summed E-state index contributed by atoms with van der Waals surface area (Å²) in [7, 11) is 0. The van der Waals surface area contributed by atoms with E-state index in [1.807, 2.05) is 0 Å². The van der Waals surface area contributed by atoms with Crippen molar-refractivity contribution in [2.75, 3.05) is 18.1 Å². The quantitative estimate of drug-likeness (QED) is 0.0129. The van der Waals surface area contributed by atoms with Crippen molar-refractivity contribution < 1.29 is 116 Å². The molecule has 0 saturated carbocycles. The number of carboxylic acid groups (broad SMARTS) is 3. The number of hydrogen-bond acceptors (Lipinski definition) is 25. The van der Waals surface area contributed by atoms with Gasteiger partial charge in [-0.2, -0.15) is 25.3 Å². The van der Waals surface area contributed by atoms with Gasteiger partial charge in [-0.25, -0.2) is 4.79 Å². The maximum Gasteiger partial charge on any atom is 0.326 e. The number of benzene rings is 4. The summed E-state index contributed by atoms with van der Waals surface area (Å²) in [6.07, 6.45) is -3.22. The van der Waals surface area contributed by atoms with Gasteiger partial charge < -0.3 is 134 Å². The van der Waals surface area contributed by atoms with E-state index in [0.29, 0.717) is 44.1 Å². The fourth-order valence-electron chi connectivity index (χ4n) is 14.9. The van der Waals surface area contributed by atoms with E-state index in [1.165, 1.54) is 13.1 Å². The van der Waals surface area contributed by atoms with Crippen molar-refractivity contribution >= 4 is 171 Å². The molecule has 18 amide bonds. The summed E-state index contributed by atoms with van der Waals surface area (Å²) in [5.74, 6) is -26.5. The van der Waals surface area contributed by atoms with Crippen LogP contribution < -0.4 is 108 Å². The second-order valence-corrected chi connectivity index (χ2v) is 35.9. The number of carbonyl (C=O) groups is 21. The van der Waals surface area contributed by atoms with Gasteiger partial charge in [0.15, 0.2) is 0 Å². The molecular formula is C93H128N22O24S2. The lowest BCUT2D eigenvalue weighted by Gasteiger charge is -2.29. The smallest absolute Gasteiger partial charge is 0.326 e. The third-order valence-electron chi connectivity index (χ3n) is 22.3. The molecule has 16 atom stereocenters. The van der Waals surface area contributed by atoms with Crippen LogP contribution >= 0.6 is 25.3 Å². The van der Waals surface area contributed by atoms with E-state index < -0.39 is 289 Å². The number of carboxylic acids is 3. The van der Waals surface area contributed by atoms with Crippen molar-refractivity contribution in [1.29, 1.82) is 0 Å². The highest BCUT2D eigenvalue weighted by molar-refractivity contribution is 7.80. The van der Waals surface area contributed by atoms with E-state index >= 15 is 14.4 Å². The van der Waals surface area contributed by atoms with Gasteiger partial charge in [0.2, 0.25) is 106 Å². The normalized spacial score (nSPS) is 14.7. The van der Waals surface area contributed by atoms with Crippen molar-refractivity contribution in [3.8, 4) is 0 Å². The van der Waals surface area contributed by atoms with Crippen LogP contribution in [0, 0.1) is 17.8 Å². The molecule has 0 aliphatic rings. The molecule has 0 unspecified atom stereocenters. The fourth-order valence-corrected chi connectivity index (χ4v) is 15.4. The third-order valence-corrected chi connectivity index (χ3v) is 23.0. The Morgan fingerprint density at radius 1 is 0.326 bits per heavy atom. The molecule has 766 valence electrons. The topological polar surface area (TPSA) is 761 Å². The molecule has 30 N–H and O–H groups in total. The van der Waals surface area contributed by atoms with Gasteiger partial charge in [0.1, 0.15) is 90.6 Å². The molecule has 2 aromatic heterocycles. The van der Waals surface area contributed by atoms with Crippen LogP contribution in [-0.4, -0.2) is 264 Å². The first-order chi connectivity index (χ1) is 66.7. The van der Waals surface area contributed by atoms with E-state index in [4.69, 9.17) is 28.7 Å². The number of thiol groups is 2. The Labute approximate surface area is 822 Å². The molecule has 0 bridgehead atoms. The second-order valence-electron chi connectivity index (χ2n) is 35.2. The highest BCUT2D eigenvalue weighted by Gasteiger charge is 2.41. The van der Waals surface area contributed by atoms with Gasteiger partial charge in [-0.05, 0) is 104 Å². The van der Waals surface area contributed by atoms with Crippen molar-refractivity contribution in [2.45, 2.75) is 241 Å². The van der Waals surface area contributed by atoms with Crippen molar-refractivity contribution in [3.05, 3.63) is 144 Å². The highest BCUT2D eigenvalue weighted by atomic mass is 32.1. The predicted octanol–water partition coefficient (Wildman–Crippen LogP) is -3.67. The Bertz CT molecular complexity index is 5410. The SMILES string of the molecule is CC(C)C[C@H](NC(=O)[C@H](C)NC(=O)[C@H](CC(=O)O)NC(=O)[C@H](CS)NC(=O)[C@H](Cc1ccccc1)NC(=O)[C@H](Cc1c[nH]c2ccccc12)NC(=O)[C@H](CCC(N)=O)NC(=O)[C@H](CC(N)=O)NC(=O)[C@H](CCCCN)NC(=O)[C@H](Cc1ccccc1)NC(=O)[C@H](CC(C)C)NC(=O)[C@H](CC(N)=O)NC(=O)[C@H](CS)NC(=O)[C@@H](NC(=O)[C@H](Cc1c[nH]c2ccccc12)NC(=O)[C@@H](N)CC(=O)O)C(C)C)C(=O)O. The summed E-state index contributed by atoms with van der Waals surface area (Å²) in [5.41, 5.74) is 31.8. The average Bonchev–Trinajstić information content (AvgIpc) is 1.70. The largest absolute Gasteiger partial charge is 0.481 e. The Balaban J connectivity index is 1.24. The molecule has 6 aromatic rings. The zero-order chi connectivity index (χ0) is 105. The molecule has 141 heavy (non-hydrogen) atoms. The molecule has 0 fully saturated rings. The van der Waals surface area contributed by atoms with E-state index in [9.17, 15) is 102 Å². The van der Waals surface area contributed by atoms with Crippen LogP contribution in [0.1, 0.15) is 141 Å². The van der Waals surface area contributed by atoms with Crippen LogP contribution in [0.5, 0.6) is 0 Å². The van der Waals surface area contributed by atoms with E-state index in [-0.39, 0.29) is 63.8 Å². The monoisotopic (exact) mass is 2000 g/mol. The standard InChI is InChI=1S/C93H128N22O24S2/c1-46(2)32-61(105-88(133)67(40-74(98)118)110-91(136)71(45-141)114-92(137)77(48(5)6)115-89(134)65(104-79(124)56(95)38-75(119)120)37-53-43-100-58-27-17-15-25-55(53)58)83(128)106-62(34-50-20-10-8-11-21-50)84(129)102-59(28-18-19-31-94)80(125)109-66(39-73(97)117)87(132)103-60(29-30-72(96)116)81(126)108-64(36-52-42-99-57-26-16-14-24-54(52)57)86(131)107-63(35-51-22-12-9-13-23-51)85(130)113-70(44-140)90(135)111-68(41-76(121)122)82(127)101-49(7)78(123)112-69(93(138)139)33-47(3)4/h8-17,20-27,42-43,46-49,56,59-71,77,99-100,140-141H,18-19,28-41,44-45,94-95H2,1-7H3,(H2,96,116)(H2,97,117)(H2,98,118)(H,101,127)(H,102,129)(H,103,132)(H,104,124)(H,105,133)(H,106,128)(H,107,131)(H,108,126)(H,109,125)(H,110,136)(H,111,135)(H,112,123)(H,113,130)(H,114,137)(H,115,134)(H,119,120)(H,121,122)(H,138,139)/t49-,56-,59-,60-,61-,62-,63-,64-,65-,66-,67-,68-,69-,70-,71-,77-/m0/s1. The summed E-state index contributed by atoms with van der Waals surface area (Å²) in [4.78, 5) is 297. The number of H-pyrrole nitrogens is 2. The first kappa shape index (κ1) is 115.